The lowest BCUT2D eigenvalue weighted by atomic mass is 10.1. The number of carbonyl (C=O) groups is 1. The summed E-state index contributed by atoms with van der Waals surface area (Å²) >= 11 is 0. The number of benzene rings is 1. The lowest BCUT2D eigenvalue weighted by Gasteiger charge is -2.00. The van der Waals surface area contributed by atoms with Gasteiger partial charge in [0.05, 0.1) is 0 Å². The summed E-state index contributed by atoms with van der Waals surface area (Å²) in [4.78, 5) is 10.0. The molecule has 0 spiro atoms. The highest BCUT2D eigenvalue weighted by atomic mass is 19.1. The van der Waals surface area contributed by atoms with Crippen molar-refractivity contribution in [1.29, 1.82) is 0 Å². The fourth-order valence-electron chi connectivity index (χ4n) is 0.814. The molecule has 0 saturated heterocycles. The molecule has 0 atom stereocenters. The Balaban J connectivity index is 2.79. The van der Waals surface area contributed by atoms with Crippen molar-refractivity contribution in [2.75, 3.05) is 0 Å². The van der Waals surface area contributed by atoms with E-state index in [2.05, 4.69) is 0 Å². The molecule has 0 aromatic heterocycles. The number of rotatable bonds is 2. The number of carboxylic acids is 1. The Bertz CT molecular complexity index is 271. The summed E-state index contributed by atoms with van der Waals surface area (Å²) in [5.74, 6) is -1.63. The number of hydrogen-bond acceptors (Lipinski definition) is 2. The van der Waals surface area contributed by atoms with Crippen molar-refractivity contribution in [3.8, 4) is 0 Å². The van der Waals surface area contributed by atoms with Crippen LogP contribution in [0.4, 0.5) is 4.39 Å². The van der Waals surface area contributed by atoms with E-state index in [0.717, 1.165) is 0 Å². The molecule has 0 radical (unpaired) electrons. The van der Waals surface area contributed by atoms with Crippen molar-refractivity contribution in [1.82, 2.24) is 0 Å². The van der Waals surface area contributed by atoms with Gasteiger partial charge in [-0.2, -0.15) is 0 Å². The average Bonchev–Trinajstić information content (AvgIpc) is 1.85. The van der Waals surface area contributed by atoms with E-state index in [1.54, 1.807) is 6.07 Å². The molecule has 0 saturated carbocycles. The number of hydrogen-bond donors (Lipinski definition) is 0. The van der Waals surface area contributed by atoms with Gasteiger partial charge in [0.1, 0.15) is 5.82 Å². The molecule has 0 fully saturated rings. The Hall–Kier alpha value is -1.38. The summed E-state index contributed by atoms with van der Waals surface area (Å²) < 4.78 is 12.4. The largest absolute Gasteiger partial charge is 0.550 e. The van der Waals surface area contributed by atoms with Gasteiger partial charge in [0.15, 0.2) is 0 Å². The van der Waals surface area contributed by atoms with Crippen LogP contribution in [0.3, 0.4) is 0 Å². The van der Waals surface area contributed by atoms with Crippen LogP contribution in [0.2, 0.25) is 0 Å². The summed E-state index contributed by atoms with van der Waals surface area (Å²) in [6.45, 7) is 0. The van der Waals surface area contributed by atoms with Gasteiger partial charge < -0.3 is 9.90 Å². The lowest BCUT2D eigenvalue weighted by molar-refractivity contribution is -0.304. The van der Waals surface area contributed by atoms with Gasteiger partial charge >= 0.3 is 0 Å². The van der Waals surface area contributed by atoms with Gasteiger partial charge in [-0.25, -0.2) is 4.39 Å². The highest BCUT2D eigenvalue weighted by molar-refractivity contribution is 5.67. The zero-order valence-electron chi connectivity index (χ0n) is 5.71. The van der Waals surface area contributed by atoms with E-state index < -0.39 is 11.8 Å². The summed E-state index contributed by atoms with van der Waals surface area (Å²) in [5.41, 5.74) is 0.421. The summed E-state index contributed by atoms with van der Waals surface area (Å²) in [5, 5.41) is 10.0. The maximum atomic E-state index is 12.4. The van der Waals surface area contributed by atoms with E-state index in [4.69, 9.17) is 0 Å². The van der Waals surface area contributed by atoms with Gasteiger partial charge in [-0.05, 0) is 17.7 Å². The first-order valence-electron chi connectivity index (χ1n) is 3.13. The van der Waals surface area contributed by atoms with E-state index in [9.17, 15) is 14.3 Å². The van der Waals surface area contributed by atoms with Crippen molar-refractivity contribution in [2.24, 2.45) is 0 Å². The zero-order chi connectivity index (χ0) is 8.27. The van der Waals surface area contributed by atoms with Crippen molar-refractivity contribution >= 4 is 5.97 Å². The van der Waals surface area contributed by atoms with Crippen LogP contribution >= 0.6 is 0 Å². The first-order valence-corrected chi connectivity index (χ1v) is 3.13. The second kappa shape index (κ2) is 3.14. The van der Waals surface area contributed by atoms with Crippen LogP contribution in [0.25, 0.3) is 0 Å². The Morgan fingerprint density at radius 1 is 1.55 bits per heavy atom. The third-order valence-corrected chi connectivity index (χ3v) is 1.24. The fourth-order valence-corrected chi connectivity index (χ4v) is 0.814. The molecule has 11 heavy (non-hydrogen) atoms. The van der Waals surface area contributed by atoms with Crippen LogP contribution in [0.1, 0.15) is 5.56 Å². The van der Waals surface area contributed by atoms with Crippen LogP contribution in [-0.4, -0.2) is 5.97 Å². The molecule has 1 aromatic carbocycles. The summed E-state index contributed by atoms with van der Waals surface area (Å²) in [6, 6.07) is 5.45. The van der Waals surface area contributed by atoms with Gasteiger partial charge in [-0.1, -0.05) is 12.1 Å². The van der Waals surface area contributed by atoms with E-state index in [1.807, 2.05) is 0 Å². The van der Waals surface area contributed by atoms with Gasteiger partial charge in [0, 0.05) is 12.4 Å². The molecular weight excluding hydrogens is 147 g/mol. The molecule has 1 aromatic rings. The van der Waals surface area contributed by atoms with Gasteiger partial charge in [-0.3, -0.25) is 0 Å². The minimum absolute atomic E-state index is 0.238. The standard InChI is InChI=1S/C8H7FO2/c9-7-3-1-2-6(4-7)5-8(10)11/h1-4H,5H2,(H,10,11)/p-1. The SMILES string of the molecule is O=C([O-])Cc1cccc(F)c1. The van der Waals surface area contributed by atoms with Crippen LogP contribution < -0.4 is 5.11 Å². The molecule has 0 N–H and O–H groups in total. The number of carboxylic acid groups (broad SMARTS) is 1. The number of carbonyl (C=O) groups excluding carboxylic acids is 1. The van der Waals surface area contributed by atoms with Gasteiger partial charge in [0.2, 0.25) is 0 Å². The molecule has 2 nitrogen and oxygen atoms in total. The van der Waals surface area contributed by atoms with Crippen LogP contribution in [-0.2, 0) is 11.2 Å². The van der Waals surface area contributed by atoms with Crippen LogP contribution in [0.15, 0.2) is 24.3 Å². The van der Waals surface area contributed by atoms with Gasteiger partial charge in [-0.15, -0.1) is 0 Å². The third-order valence-electron chi connectivity index (χ3n) is 1.24. The highest BCUT2D eigenvalue weighted by Crippen LogP contribution is 2.03. The number of halogens is 1. The Morgan fingerprint density at radius 3 is 2.82 bits per heavy atom. The second-order valence-corrected chi connectivity index (χ2v) is 2.18. The van der Waals surface area contributed by atoms with Gasteiger partial charge in [0.25, 0.3) is 0 Å². The molecule has 0 aliphatic rings. The minimum Gasteiger partial charge on any atom is -0.550 e. The molecule has 3 heteroatoms. The Morgan fingerprint density at radius 2 is 2.27 bits per heavy atom. The molecule has 0 aliphatic carbocycles. The van der Waals surface area contributed by atoms with Crippen LogP contribution in [0.5, 0.6) is 0 Å². The van der Waals surface area contributed by atoms with E-state index in [-0.39, 0.29) is 6.42 Å². The summed E-state index contributed by atoms with van der Waals surface area (Å²) in [6.07, 6.45) is -0.238. The van der Waals surface area contributed by atoms with E-state index in [1.165, 1.54) is 18.2 Å². The third kappa shape index (κ3) is 2.37. The van der Waals surface area contributed by atoms with Crippen molar-refractivity contribution in [3.05, 3.63) is 35.6 Å². The molecule has 0 heterocycles. The predicted molar refractivity (Wildman–Crippen MR) is 35.1 cm³/mol. The number of aliphatic carboxylic acids is 1. The Labute approximate surface area is 63.3 Å². The topological polar surface area (TPSA) is 40.1 Å². The molecule has 58 valence electrons. The first-order chi connectivity index (χ1) is 5.18. The van der Waals surface area contributed by atoms with Crippen molar-refractivity contribution in [3.63, 3.8) is 0 Å². The van der Waals surface area contributed by atoms with E-state index in [0.29, 0.717) is 5.56 Å². The van der Waals surface area contributed by atoms with Crippen molar-refractivity contribution < 1.29 is 14.3 Å². The fraction of sp³-hybridized carbons (Fsp3) is 0.125. The second-order valence-electron chi connectivity index (χ2n) is 2.18. The quantitative estimate of drug-likeness (QED) is 0.605. The van der Waals surface area contributed by atoms with E-state index >= 15 is 0 Å². The van der Waals surface area contributed by atoms with Crippen molar-refractivity contribution in [2.45, 2.75) is 6.42 Å². The monoisotopic (exact) mass is 153 g/mol. The molecular formula is C8H6FO2-. The maximum Gasteiger partial charge on any atom is 0.123 e. The minimum atomic E-state index is -1.20. The first kappa shape index (κ1) is 7.72. The van der Waals surface area contributed by atoms with Crippen LogP contribution in [0, 0.1) is 5.82 Å². The molecule has 0 unspecified atom stereocenters. The summed E-state index contributed by atoms with van der Waals surface area (Å²) in [7, 11) is 0. The average molecular weight is 153 g/mol. The smallest absolute Gasteiger partial charge is 0.123 e. The highest BCUT2D eigenvalue weighted by Gasteiger charge is 1.94. The molecule has 1 rings (SSSR count). The molecule has 0 aliphatic heterocycles. The zero-order valence-corrected chi connectivity index (χ0v) is 5.71. The Kier molecular flexibility index (Phi) is 2.21. The molecule has 0 amide bonds. The predicted octanol–water partition coefficient (Wildman–Crippen LogP) is 0.118. The lowest BCUT2D eigenvalue weighted by Crippen LogP contribution is -2.24. The normalized spacial score (nSPS) is 9.55. The molecule has 0 bridgehead atoms. The maximum absolute atomic E-state index is 12.4.